The molecule has 2 heterocycles. The normalized spacial score (nSPS) is 13.1. The second kappa shape index (κ2) is 11.6. The zero-order valence-corrected chi connectivity index (χ0v) is 22.7. The molecule has 0 atom stereocenters. The van der Waals surface area contributed by atoms with Crippen LogP contribution in [-0.2, 0) is 30.4 Å². The molecule has 4 rings (SSSR count). The molecular formula is C27H25N3O6S2. The fourth-order valence-electron chi connectivity index (χ4n) is 4.18. The third kappa shape index (κ3) is 5.20. The molecular weight excluding hydrogens is 526 g/mol. The van der Waals surface area contributed by atoms with Crippen LogP contribution in [0.4, 0.5) is 0 Å². The smallest absolute Gasteiger partial charge is 0.339 e. The molecule has 196 valence electrons. The van der Waals surface area contributed by atoms with Gasteiger partial charge in [0.15, 0.2) is 5.16 Å². The molecule has 0 saturated heterocycles. The molecule has 0 aliphatic heterocycles. The molecule has 2 aromatic heterocycles. The third-order valence-corrected chi connectivity index (χ3v) is 7.83. The number of allylic oxidation sites excluding steroid dienone is 2. The standard InChI is InChI=1S/C27H25N3O6S2/c1-5-11-30-24(32)22-18(16-9-7-6-8-10-16)13-37-23(22)29-27(30)38-14-20(31)28-19-12-17(25(33)35-3)15(2)21(19)26(34)36-4/h5-10,13H,1,11-12,14H2,2-4H3,(H,28,31). The second-order valence-corrected chi connectivity index (χ2v) is 10.0. The van der Waals surface area contributed by atoms with Crippen LogP contribution in [0.25, 0.3) is 21.3 Å². The first-order chi connectivity index (χ1) is 18.3. The maximum Gasteiger partial charge on any atom is 0.339 e. The molecule has 1 N–H and O–H groups in total. The van der Waals surface area contributed by atoms with Crippen molar-refractivity contribution in [1.29, 1.82) is 0 Å². The number of thiophene rings is 1. The fourth-order valence-corrected chi connectivity index (χ4v) is 5.98. The van der Waals surface area contributed by atoms with Crippen LogP contribution in [0, 0.1) is 0 Å². The van der Waals surface area contributed by atoms with E-state index in [4.69, 9.17) is 9.47 Å². The van der Waals surface area contributed by atoms with Crippen molar-refractivity contribution in [1.82, 2.24) is 14.9 Å². The molecule has 1 aliphatic rings. The van der Waals surface area contributed by atoms with E-state index >= 15 is 0 Å². The number of ether oxygens (including phenoxy) is 2. The number of thioether (sulfide) groups is 1. The largest absolute Gasteiger partial charge is 0.466 e. The SMILES string of the molecule is C=CCn1c(SCC(=O)NC2=C(C(=O)OC)C(C)=C(C(=O)OC)C2)nc2scc(-c3ccccc3)c2c1=O. The maximum atomic E-state index is 13.5. The lowest BCUT2D eigenvalue weighted by molar-refractivity contribution is -0.136. The number of carbonyl (C=O) groups excluding carboxylic acids is 3. The van der Waals surface area contributed by atoms with Gasteiger partial charge in [-0.3, -0.25) is 14.2 Å². The number of esters is 2. The number of rotatable bonds is 9. The van der Waals surface area contributed by atoms with E-state index in [1.165, 1.54) is 30.1 Å². The van der Waals surface area contributed by atoms with Gasteiger partial charge in [0.25, 0.3) is 5.56 Å². The predicted octanol–water partition coefficient (Wildman–Crippen LogP) is 3.84. The number of hydrogen-bond donors (Lipinski definition) is 1. The van der Waals surface area contributed by atoms with Gasteiger partial charge >= 0.3 is 11.9 Å². The van der Waals surface area contributed by atoms with E-state index in [9.17, 15) is 19.2 Å². The molecule has 1 amide bonds. The molecule has 0 unspecified atom stereocenters. The highest BCUT2D eigenvalue weighted by Crippen LogP contribution is 2.34. The van der Waals surface area contributed by atoms with Crippen LogP contribution in [0.2, 0.25) is 0 Å². The van der Waals surface area contributed by atoms with E-state index in [-0.39, 0.29) is 41.1 Å². The summed E-state index contributed by atoms with van der Waals surface area (Å²) >= 11 is 2.46. The summed E-state index contributed by atoms with van der Waals surface area (Å²) in [7, 11) is 2.47. The number of aromatic nitrogens is 2. The van der Waals surface area contributed by atoms with Crippen molar-refractivity contribution in [2.24, 2.45) is 0 Å². The monoisotopic (exact) mass is 551 g/mol. The van der Waals surface area contributed by atoms with E-state index in [1.807, 2.05) is 35.7 Å². The summed E-state index contributed by atoms with van der Waals surface area (Å²) in [4.78, 5) is 56.1. The third-order valence-electron chi connectivity index (χ3n) is 5.98. The minimum Gasteiger partial charge on any atom is -0.466 e. The molecule has 0 spiro atoms. The Morgan fingerprint density at radius 1 is 1.18 bits per heavy atom. The Hall–Kier alpha value is -3.96. The van der Waals surface area contributed by atoms with Gasteiger partial charge in [-0.15, -0.1) is 17.9 Å². The van der Waals surface area contributed by atoms with Crippen molar-refractivity contribution in [3.05, 3.63) is 81.1 Å². The van der Waals surface area contributed by atoms with Crippen LogP contribution >= 0.6 is 23.1 Å². The van der Waals surface area contributed by atoms with Gasteiger partial charge in [0.05, 0.1) is 30.9 Å². The molecule has 1 aliphatic carbocycles. The lowest BCUT2D eigenvalue weighted by atomic mass is 10.1. The Kier molecular flexibility index (Phi) is 8.28. The number of fused-ring (bicyclic) bond motifs is 1. The molecule has 9 nitrogen and oxygen atoms in total. The summed E-state index contributed by atoms with van der Waals surface area (Å²) < 4.78 is 11.1. The summed E-state index contributed by atoms with van der Waals surface area (Å²) in [5.41, 5.74) is 2.57. The molecule has 1 aromatic carbocycles. The number of amides is 1. The van der Waals surface area contributed by atoms with Gasteiger partial charge in [-0.2, -0.15) is 0 Å². The average molecular weight is 552 g/mol. The number of carbonyl (C=O) groups is 3. The Bertz CT molecular complexity index is 1570. The first-order valence-corrected chi connectivity index (χ1v) is 13.4. The number of nitrogens with zero attached hydrogens (tertiary/aromatic N) is 2. The summed E-state index contributed by atoms with van der Waals surface area (Å²) in [5.74, 6) is -1.76. The highest BCUT2D eigenvalue weighted by atomic mass is 32.2. The van der Waals surface area contributed by atoms with Gasteiger partial charge in [0, 0.05) is 35.2 Å². The molecule has 0 bridgehead atoms. The van der Waals surface area contributed by atoms with Gasteiger partial charge in [-0.05, 0) is 18.1 Å². The number of methoxy groups -OCH3 is 2. The summed E-state index contributed by atoms with van der Waals surface area (Å²) in [6, 6.07) is 9.61. The predicted molar refractivity (Wildman–Crippen MR) is 147 cm³/mol. The first-order valence-electron chi connectivity index (χ1n) is 11.5. The van der Waals surface area contributed by atoms with E-state index in [0.717, 1.165) is 22.9 Å². The van der Waals surface area contributed by atoms with Crippen LogP contribution in [0.5, 0.6) is 0 Å². The van der Waals surface area contributed by atoms with Crippen LogP contribution in [-0.4, -0.2) is 47.4 Å². The van der Waals surface area contributed by atoms with Crippen molar-refractivity contribution in [3.63, 3.8) is 0 Å². The lowest BCUT2D eigenvalue weighted by Crippen LogP contribution is -2.27. The number of nitrogens with one attached hydrogen (secondary N) is 1. The van der Waals surface area contributed by atoms with E-state index in [2.05, 4.69) is 16.9 Å². The van der Waals surface area contributed by atoms with Crippen molar-refractivity contribution < 1.29 is 23.9 Å². The Morgan fingerprint density at radius 2 is 1.89 bits per heavy atom. The zero-order valence-electron chi connectivity index (χ0n) is 21.0. The average Bonchev–Trinajstić information content (AvgIpc) is 3.50. The van der Waals surface area contributed by atoms with Gasteiger partial charge in [-0.1, -0.05) is 48.2 Å². The maximum absolute atomic E-state index is 13.5. The Balaban J connectivity index is 1.59. The second-order valence-electron chi connectivity index (χ2n) is 8.25. The first kappa shape index (κ1) is 27.1. The van der Waals surface area contributed by atoms with E-state index < -0.39 is 17.8 Å². The molecule has 0 fully saturated rings. The summed E-state index contributed by atoms with van der Waals surface area (Å²) in [5, 5.41) is 5.52. The van der Waals surface area contributed by atoms with Gasteiger partial charge < -0.3 is 14.8 Å². The van der Waals surface area contributed by atoms with Crippen LogP contribution < -0.4 is 10.9 Å². The van der Waals surface area contributed by atoms with Crippen LogP contribution in [0.15, 0.2) is 80.7 Å². The molecule has 3 aromatic rings. The fraction of sp³-hybridized carbons (Fsp3) is 0.222. The topological polar surface area (TPSA) is 117 Å². The van der Waals surface area contributed by atoms with Crippen LogP contribution in [0.1, 0.15) is 13.3 Å². The summed E-state index contributed by atoms with van der Waals surface area (Å²) in [6.07, 6.45) is 1.63. The highest BCUT2D eigenvalue weighted by Gasteiger charge is 2.32. The van der Waals surface area contributed by atoms with E-state index in [0.29, 0.717) is 20.9 Å². The van der Waals surface area contributed by atoms with Gasteiger partial charge in [0.1, 0.15) is 4.83 Å². The highest BCUT2D eigenvalue weighted by molar-refractivity contribution is 7.99. The molecule has 11 heteroatoms. The molecule has 0 saturated carbocycles. The van der Waals surface area contributed by atoms with Crippen molar-refractivity contribution in [3.8, 4) is 11.1 Å². The van der Waals surface area contributed by atoms with Crippen molar-refractivity contribution in [2.45, 2.75) is 25.0 Å². The molecule has 0 radical (unpaired) electrons. The van der Waals surface area contributed by atoms with Gasteiger partial charge in [-0.25, -0.2) is 14.6 Å². The van der Waals surface area contributed by atoms with E-state index in [1.54, 1.807) is 13.0 Å². The van der Waals surface area contributed by atoms with Crippen LogP contribution in [0.3, 0.4) is 0 Å². The van der Waals surface area contributed by atoms with Crippen molar-refractivity contribution >= 4 is 51.2 Å². The summed E-state index contributed by atoms with van der Waals surface area (Å²) in [6.45, 7) is 5.58. The minimum atomic E-state index is -0.664. The van der Waals surface area contributed by atoms with Gasteiger partial charge in [0.2, 0.25) is 5.91 Å². The Labute approximate surface area is 226 Å². The number of benzene rings is 1. The quantitative estimate of drug-likeness (QED) is 0.185. The Morgan fingerprint density at radius 3 is 2.55 bits per heavy atom. The lowest BCUT2D eigenvalue weighted by Gasteiger charge is -2.12. The minimum absolute atomic E-state index is 0.0299. The number of hydrogen-bond acceptors (Lipinski definition) is 9. The van der Waals surface area contributed by atoms with Crippen molar-refractivity contribution in [2.75, 3.05) is 20.0 Å². The zero-order chi connectivity index (χ0) is 27.4. The molecule has 38 heavy (non-hydrogen) atoms.